The van der Waals surface area contributed by atoms with Crippen LogP contribution >= 0.6 is 0 Å². The molecular formula is C17H18NO2+. The summed E-state index contributed by atoms with van der Waals surface area (Å²) in [6, 6.07) is 10.9. The number of nitrogens with two attached hydrogens (primary N) is 1. The maximum Gasteiger partial charge on any atom is 0.165 e. The van der Waals surface area contributed by atoms with E-state index in [2.05, 4.69) is 29.6 Å². The summed E-state index contributed by atoms with van der Waals surface area (Å²) in [5, 5.41) is 12.9. The maximum absolute atomic E-state index is 10.5. The van der Waals surface area contributed by atoms with Crippen LogP contribution in [0.15, 0.2) is 30.3 Å². The highest BCUT2D eigenvalue weighted by Gasteiger charge is 2.33. The number of hydrogen-bond acceptors (Lipinski definition) is 2. The molecule has 0 saturated heterocycles. The number of phenols is 1. The molecular weight excluding hydrogens is 250 g/mol. The summed E-state index contributed by atoms with van der Waals surface area (Å²) in [4.78, 5) is 0. The molecule has 0 amide bonds. The third kappa shape index (κ3) is 1.50. The molecule has 3 N–H and O–H groups in total. The Morgan fingerprint density at radius 3 is 2.95 bits per heavy atom. The van der Waals surface area contributed by atoms with Crippen molar-refractivity contribution in [2.75, 3.05) is 13.7 Å². The number of quaternary nitrogens is 1. The molecule has 1 heterocycles. The summed E-state index contributed by atoms with van der Waals surface area (Å²) in [5.41, 5.74) is 6.21. The van der Waals surface area contributed by atoms with Crippen molar-refractivity contribution in [3.8, 4) is 22.6 Å². The standard InChI is InChI=1S/C17H17NO2/c1-20-14-6-5-11-9-13-15-10(7-8-18-13)3-2-4-12(15)16(11)17(14)19/h2-6,13,18-19H,7-9H2,1H3/p+1/t13-/m1/s1. The first kappa shape index (κ1) is 11.8. The Kier molecular flexibility index (Phi) is 2.51. The third-order valence-corrected chi connectivity index (χ3v) is 4.59. The molecule has 2 aliphatic rings. The number of phenolic OH excluding ortho intramolecular Hbond substituents is 1. The molecule has 1 aliphatic carbocycles. The molecule has 2 aromatic carbocycles. The molecule has 3 nitrogen and oxygen atoms in total. The highest BCUT2D eigenvalue weighted by molar-refractivity contribution is 5.82. The summed E-state index contributed by atoms with van der Waals surface area (Å²) >= 11 is 0. The molecule has 0 unspecified atom stereocenters. The van der Waals surface area contributed by atoms with Crippen LogP contribution in [0.25, 0.3) is 11.1 Å². The Labute approximate surface area is 118 Å². The van der Waals surface area contributed by atoms with Gasteiger partial charge in [-0.25, -0.2) is 0 Å². The first-order valence-electron chi connectivity index (χ1n) is 7.14. The van der Waals surface area contributed by atoms with E-state index in [0.29, 0.717) is 11.8 Å². The molecule has 3 heteroatoms. The van der Waals surface area contributed by atoms with Gasteiger partial charge in [-0.15, -0.1) is 0 Å². The normalized spacial score (nSPS) is 19.1. The zero-order valence-corrected chi connectivity index (χ0v) is 11.5. The Morgan fingerprint density at radius 2 is 2.10 bits per heavy atom. The third-order valence-electron chi connectivity index (χ3n) is 4.59. The van der Waals surface area contributed by atoms with E-state index in [1.807, 2.05) is 6.07 Å². The predicted molar refractivity (Wildman–Crippen MR) is 77.0 cm³/mol. The molecule has 2 aromatic rings. The number of ether oxygens (including phenoxy) is 1. The van der Waals surface area contributed by atoms with E-state index in [1.54, 1.807) is 7.11 Å². The topological polar surface area (TPSA) is 46.1 Å². The molecule has 0 aromatic heterocycles. The van der Waals surface area contributed by atoms with E-state index >= 15 is 0 Å². The average Bonchev–Trinajstić information content (AvgIpc) is 2.48. The van der Waals surface area contributed by atoms with Gasteiger partial charge >= 0.3 is 0 Å². The lowest BCUT2D eigenvalue weighted by molar-refractivity contribution is -0.698. The smallest absolute Gasteiger partial charge is 0.165 e. The molecule has 4 rings (SSSR count). The number of aromatic hydroxyl groups is 1. The van der Waals surface area contributed by atoms with Crippen molar-refractivity contribution in [2.24, 2.45) is 0 Å². The van der Waals surface area contributed by atoms with Gasteiger partial charge in [0.15, 0.2) is 11.5 Å². The van der Waals surface area contributed by atoms with Crippen molar-refractivity contribution in [2.45, 2.75) is 18.9 Å². The highest BCUT2D eigenvalue weighted by atomic mass is 16.5. The predicted octanol–water partition coefficient (Wildman–Crippen LogP) is 1.78. The van der Waals surface area contributed by atoms with Crippen LogP contribution in [0.3, 0.4) is 0 Å². The van der Waals surface area contributed by atoms with Crippen molar-refractivity contribution in [3.05, 3.63) is 47.0 Å². The second-order valence-electron chi connectivity index (χ2n) is 5.61. The zero-order valence-electron chi connectivity index (χ0n) is 11.5. The van der Waals surface area contributed by atoms with Gasteiger partial charge in [0, 0.05) is 24.0 Å². The van der Waals surface area contributed by atoms with Gasteiger partial charge in [-0.05, 0) is 22.8 Å². The fraction of sp³-hybridized carbons (Fsp3) is 0.294. The van der Waals surface area contributed by atoms with Crippen molar-refractivity contribution < 1.29 is 15.2 Å². The summed E-state index contributed by atoms with van der Waals surface area (Å²) in [5.74, 6) is 0.835. The minimum Gasteiger partial charge on any atom is -0.504 e. The SMILES string of the molecule is COc1ccc2c(c1O)-c1cccc3c1[C@@H](C2)[NH2+]CC3. The fourth-order valence-electron chi connectivity index (χ4n) is 3.72. The summed E-state index contributed by atoms with van der Waals surface area (Å²) in [6.07, 6.45) is 2.09. The van der Waals surface area contributed by atoms with Crippen LogP contribution in [-0.2, 0) is 12.8 Å². The van der Waals surface area contributed by atoms with Gasteiger partial charge in [-0.1, -0.05) is 24.3 Å². The molecule has 102 valence electrons. The molecule has 0 saturated carbocycles. The Balaban J connectivity index is 2.03. The lowest BCUT2D eigenvalue weighted by Crippen LogP contribution is -2.87. The zero-order chi connectivity index (χ0) is 13.7. The molecule has 0 radical (unpaired) electrons. The van der Waals surface area contributed by atoms with Gasteiger partial charge in [0.25, 0.3) is 0 Å². The average molecular weight is 268 g/mol. The van der Waals surface area contributed by atoms with Crippen LogP contribution in [-0.4, -0.2) is 18.8 Å². The van der Waals surface area contributed by atoms with Gasteiger partial charge in [-0.3, -0.25) is 0 Å². The molecule has 1 aliphatic heterocycles. The lowest BCUT2D eigenvalue weighted by atomic mass is 9.77. The fourth-order valence-corrected chi connectivity index (χ4v) is 3.72. The van der Waals surface area contributed by atoms with Crippen LogP contribution in [0.2, 0.25) is 0 Å². The number of methoxy groups -OCH3 is 1. The van der Waals surface area contributed by atoms with Gasteiger partial charge in [0.05, 0.1) is 13.7 Å². The second-order valence-corrected chi connectivity index (χ2v) is 5.61. The number of fused-ring (bicyclic) bond motifs is 2. The van der Waals surface area contributed by atoms with E-state index < -0.39 is 0 Å². The van der Waals surface area contributed by atoms with E-state index in [4.69, 9.17) is 4.74 Å². The second kappa shape index (κ2) is 4.25. The summed E-state index contributed by atoms with van der Waals surface area (Å²) in [6.45, 7) is 1.15. The maximum atomic E-state index is 10.5. The first-order valence-corrected chi connectivity index (χ1v) is 7.14. The number of benzene rings is 2. The van der Waals surface area contributed by atoms with Crippen molar-refractivity contribution in [1.82, 2.24) is 0 Å². The molecule has 0 spiro atoms. The Hall–Kier alpha value is -2.00. The molecule has 1 atom stereocenters. The summed E-state index contributed by atoms with van der Waals surface area (Å²) in [7, 11) is 1.60. The monoisotopic (exact) mass is 268 g/mol. The van der Waals surface area contributed by atoms with Crippen molar-refractivity contribution in [3.63, 3.8) is 0 Å². The van der Waals surface area contributed by atoms with E-state index in [1.165, 1.54) is 22.3 Å². The minimum atomic E-state index is 0.280. The quantitative estimate of drug-likeness (QED) is 0.828. The number of rotatable bonds is 1. The molecule has 20 heavy (non-hydrogen) atoms. The van der Waals surface area contributed by atoms with E-state index in [9.17, 15) is 5.11 Å². The summed E-state index contributed by atoms with van der Waals surface area (Å²) < 4.78 is 5.27. The van der Waals surface area contributed by atoms with Crippen LogP contribution in [0.1, 0.15) is 22.7 Å². The van der Waals surface area contributed by atoms with Crippen molar-refractivity contribution in [1.29, 1.82) is 0 Å². The van der Waals surface area contributed by atoms with Gasteiger partial charge in [0.2, 0.25) is 0 Å². The molecule has 0 fully saturated rings. The van der Waals surface area contributed by atoms with Gasteiger partial charge < -0.3 is 15.2 Å². The minimum absolute atomic E-state index is 0.280. The van der Waals surface area contributed by atoms with E-state index in [0.717, 1.165) is 24.9 Å². The van der Waals surface area contributed by atoms with Gasteiger partial charge in [-0.2, -0.15) is 0 Å². The largest absolute Gasteiger partial charge is 0.504 e. The molecule has 0 bridgehead atoms. The highest BCUT2D eigenvalue weighted by Crippen LogP contribution is 2.47. The lowest BCUT2D eigenvalue weighted by Gasteiger charge is -2.32. The van der Waals surface area contributed by atoms with Crippen LogP contribution in [0.5, 0.6) is 11.5 Å². The Morgan fingerprint density at radius 1 is 1.20 bits per heavy atom. The van der Waals surface area contributed by atoms with Crippen LogP contribution < -0.4 is 10.1 Å². The van der Waals surface area contributed by atoms with Crippen LogP contribution in [0, 0.1) is 0 Å². The van der Waals surface area contributed by atoms with Crippen molar-refractivity contribution >= 4 is 0 Å². The van der Waals surface area contributed by atoms with E-state index in [-0.39, 0.29) is 5.75 Å². The van der Waals surface area contributed by atoms with Crippen LogP contribution in [0.4, 0.5) is 0 Å². The van der Waals surface area contributed by atoms with Gasteiger partial charge in [0.1, 0.15) is 6.04 Å². The Bertz CT molecular complexity index is 694. The number of hydrogen-bond donors (Lipinski definition) is 2. The first-order chi connectivity index (χ1) is 9.79.